The molecule has 1 aromatic rings. The fraction of sp³-hybridized carbons (Fsp3) is 0.571. The molecule has 2 amide bonds. The summed E-state index contributed by atoms with van der Waals surface area (Å²) in [7, 11) is 0. The van der Waals surface area contributed by atoms with Crippen molar-refractivity contribution in [2.45, 2.75) is 39.3 Å². The van der Waals surface area contributed by atoms with Gasteiger partial charge in [-0.1, -0.05) is 6.92 Å². The number of hydrogen-bond acceptors (Lipinski definition) is 3. The number of nitrogens with one attached hydrogen (secondary N) is 1. The molecule has 19 heavy (non-hydrogen) atoms. The number of rotatable bonds is 5. The minimum absolute atomic E-state index is 0.00690. The second-order valence-corrected chi connectivity index (χ2v) is 4.84. The third-order valence-electron chi connectivity index (χ3n) is 3.28. The Hall–Kier alpha value is -1.78. The molecule has 0 bridgehead atoms. The molecule has 1 N–H and O–H groups in total. The number of amides is 2. The molecule has 0 aliphatic carbocycles. The Balaban J connectivity index is 1.85. The zero-order valence-electron chi connectivity index (χ0n) is 11.6. The summed E-state index contributed by atoms with van der Waals surface area (Å²) in [5.41, 5.74) is 1.00. The van der Waals surface area contributed by atoms with E-state index >= 15 is 0 Å². The van der Waals surface area contributed by atoms with E-state index < -0.39 is 0 Å². The van der Waals surface area contributed by atoms with E-state index in [9.17, 15) is 4.79 Å². The fourth-order valence-corrected chi connectivity index (χ4v) is 1.72. The van der Waals surface area contributed by atoms with Gasteiger partial charge in [-0.3, -0.25) is 0 Å². The van der Waals surface area contributed by atoms with Gasteiger partial charge in [0.15, 0.2) is 0 Å². The summed E-state index contributed by atoms with van der Waals surface area (Å²) in [4.78, 5) is 17.7. The lowest BCUT2D eigenvalue weighted by atomic mass is 10.2. The van der Waals surface area contributed by atoms with E-state index in [0.717, 1.165) is 31.5 Å². The molecule has 104 valence electrons. The minimum Gasteiger partial charge on any atom is -0.475 e. The standard InChI is InChI=1S/C14H21N3O2/c1-3-11(2)19-13-9-12(5-6-15-13)10-16-14(18)17-7-4-8-17/h5-6,9,11H,3-4,7-8,10H2,1-2H3,(H,16,18)/t11-/m1/s1. The number of nitrogens with zero attached hydrogens (tertiary/aromatic N) is 2. The van der Waals surface area contributed by atoms with Gasteiger partial charge in [-0.15, -0.1) is 0 Å². The molecule has 0 aromatic carbocycles. The summed E-state index contributed by atoms with van der Waals surface area (Å²) in [6, 6.07) is 3.77. The largest absolute Gasteiger partial charge is 0.475 e. The predicted molar refractivity (Wildman–Crippen MR) is 73.0 cm³/mol. The van der Waals surface area contributed by atoms with Crippen molar-refractivity contribution in [2.75, 3.05) is 13.1 Å². The van der Waals surface area contributed by atoms with Gasteiger partial charge in [0.1, 0.15) is 0 Å². The fourth-order valence-electron chi connectivity index (χ4n) is 1.72. The Bertz CT molecular complexity index is 432. The Labute approximate surface area is 114 Å². The second kappa shape index (κ2) is 6.41. The lowest BCUT2D eigenvalue weighted by molar-refractivity contribution is 0.167. The number of aromatic nitrogens is 1. The first kappa shape index (κ1) is 13.6. The molecule has 0 radical (unpaired) electrons. The number of hydrogen-bond donors (Lipinski definition) is 1. The summed E-state index contributed by atoms with van der Waals surface area (Å²) in [5.74, 6) is 0.616. The van der Waals surface area contributed by atoms with Crippen LogP contribution in [0.2, 0.25) is 0 Å². The molecule has 1 aliphatic heterocycles. The zero-order chi connectivity index (χ0) is 13.7. The average molecular weight is 263 g/mol. The molecular weight excluding hydrogens is 242 g/mol. The van der Waals surface area contributed by atoms with Gasteiger partial charge < -0.3 is 15.0 Å². The van der Waals surface area contributed by atoms with Gasteiger partial charge in [-0.2, -0.15) is 0 Å². The van der Waals surface area contributed by atoms with Crippen LogP contribution in [0.25, 0.3) is 0 Å². The van der Waals surface area contributed by atoms with E-state index in [1.54, 1.807) is 11.1 Å². The summed E-state index contributed by atoms with van der Waals surface area (Å²) >= 11 is 0. The monoisotopic (exact) mass is 263 g/mol. The molecule has 2 rings (SSSR count). The van der Waals surface area contributed by atoms with Gasteiger partial charge in [0, 0.05) is 31.9 Å². The van der Waals surface area contributed by atoms with Crippen LogP contribution in [0.4, 0.5) is 4.79 Å². The number of ether oxygens (including phenoxy) is 1. The SMILES string of the molecule is CC[C@@H](C)Oc1cc(CNC(=O)N2CCC2)ccn1. The van der Waals surface area contributed by atoms with Crippen LogP contribution in [0.15, 0.2) is 18.3 Å². The highest BCUT2D eigenvalue weighted by Gasteiger charge is 2.19. The minimum atomic E-state index is 0.00690. The first-order valence-electron chi connectivity index (χ1n) is 6.83. The third-order valence-corrected chi connectivity index (χ3v) is 3.28. The van der Waals surface area contributed by atoms with Crippen molar-refractivity contribution >= 4 is 6.03 Å². The predicted octanol–water partition coefficient (Wildman–Crippen LogP) is 2.17. The van der Waals surface area contributed by atoms with Crippen molar-refractivity contribution in [3.05, 3.63) is 23.9 Å². The van der Waals surface area contributed by atoms with Crippen molar-refractivity contribution in [1.82, 2.24) is 15.2 Å². The van der Waals surface area contributed by atoms with Gasteiger partial charge in [-0.05, 0) is 31.4 Å². The molecule has 2 heterocycles. The quantitative estimate of drug-likeness (QED) is 0.885. The highest BCUT2D eigenvalue weighted by atomic mass is 16.5. The molecule has 1 saturated heterocycles. The second-order valence-electron chi connectivity index (χ2n) is 4.84. The maximum absolute atomic E-state index is 11.7. The van der Waals surface area contributed by atoms with Crippen LogP contribution in [-0.4, -0.2) is 35.1 Å². The van der Waals surface area contributed by atoms with Gasteiger partial charge in [0.05, 0.1) is 6.10 Å². The summed E-state index contributed by atoms with van der Waals surface area (Å²) < 4.78 is 5.66. The van der Waals surface area contributed by atoms with Gasteiger partial charge >= 0.3 is 6.03 Å². The summed E-state index contributed by atoms with van der Waals surface area (Å²) in [5, 5.41) is 2.90. The van der Waals surface area contributed by atoms with Crippen molar-refractivity contribution in [1.29, 1.82) is 0 Å². The molecule has 0 unspecified atom stereocenters. The smallest absolute Gasteiger partial charge is 0.317 e. The maximum Gasteiger partial charge on any atom is 0.317 e. The lowest BCUT2D eigenvalue weighted by Gasteiger charge is -2.30. The normalized spacial score (nSPS) is 15.6. The Kier molecular flexibility index (Phi) is 4.60. The van der Waals surface area contributed by atoms with Crippen LogP contribution in [0.5, 0.6) is 5.88 Å². The van der Waals surface area contributed by atoms with E-state index in [4.69, 9.17) is 4.74 Å². The molecule has 0 saturated carbocycles. The Morgan fingerprint density at radius 1 is 1.58 bits per heavy atom. The molecule has 1 aromatic heterocycles. The molecule has 5 nitrogen and oxygen atoms in total. The Morgan fingerprint density at radius 2 is 2.37 bits per heavy atom. The molecule has 0 spiro atoms. The van der Waals surface area contributed by atoms with Crippen LogP contribution in [0, 0.1) is 0 Å². The van der Waals surface area contributed by atoms with E-state index in [0.29, 0.717) is 12.4 Å². The maximum atomic E-state index is 11.7. The van der Waals surface area contributed by atoms with Crippen LogP contribution in [-0.2, 0) is 6.54 Å². The molecular formula is C14H21N3O2. The van der Waals surface area contributed by atoms with E-state index in [1.807, 2.05) is 19.1 Å². The number of carbonyl (C=O) groups excluding carboxylic acids is 1. The van der Waals surface area contributed by atoms with Crippen molar-refractivity contribution < 1.29 is 9.53 Å². The van der Waals surface area contributed by atoms with Crippen molar-refractivity contribution in [3.8, 4) is 5.88 Å². The third kappa shape index (κ3) is 3.84. The molecule has 1 fully saturated rings. The molecule has 1 aliphatic rings. The Morgan fingerprint density at radius 3 is 3.00 bits per heavy atom. The van der Waals surface area contributed by atoms with Crippen LogP contribution in [0.3, 0.4) is 0 Å². The first-order valence-corrected chi connectivity index (χ1v) is 6.83. The lowest BCUT2D eigenvalue weighted by Crippen LogP contribution is -2.47. The number of likely N-dealkylation sites (tertiary alicyclic amines) is 1. The van der Waals surface area contributed by atoms with Crippen LogP contribution < -0.4 is 10.1 Å². The molecule has 5 heteroatoms. The highest BCUT2D eigenvalue weighted by Crippen LogP contribution is 2.12. The summed E-state index contributed by atoms with van der Waals surface area (Å²) in [6.07, 6.45) is 3.91. The van der Waals surface area contributed by atoms with Gasteiger partial charge in [0.25, 0.3) is 0 Å². The van der Waals surface area contributed by atoms with E-state index in [2.05, 4.69) is 17.2 Å². The van der Waals surface area contributed by atoms with Crippen molar-refractivity contribution in [3.63, 3.8) is 0 Å². The number of carbonyl (C=O) groups is 1. The first-order chi connectivity index (χ1) is 9.19. The zero-order valence-corrected chi connectivity index (χ0v) is 11.6. The van der Waals surface area contributed by atoms with Gasteiger partial charge in [-0.25, -0.2) is 9.78 Å². The average Bonchev–Trinajstić information content (AvgIpc) is 2.34. The van der Waals surface area contributed by atoms with E-state index in [-0.39, 0.29) is 12.1 Å². The number of pyridine rings is 1. The van der Waals surface area contributed by atoms with Crippen LogP contribution in [0.1, 0.15) is 32.3 Å². The van der Waals surface area contributed by atoms with Crippen molar-refractivity contribution in [2.24, 2.45) is 0 Å². The topological polar surface area (TPSA) is 54.5 Å². The summed E-state index contributed by atoms with van der Waals surface area (Å²) in [6.45, 7) is 6.33. The van der Waals surface area contributed by atoms with Crippen LogP contribution >= 0.6 is 0 Å². The highest BCUT2D eigenvalue weighted by molar-refractivity contribution is 5.74. The number of urea groups is 1. The van der Waals surface area contributed by atoms with E-state index in [1.165, 1.54) is 0 Å². The molecule has 1 atom stereocenters. The van der Waals surface area contributed by atoms with Gasteiger partial charge in [0.2, 0.25) is 5.88 Å².